The third-order valence-corrected chi connectivity index (χ3v) is 6.37. The number of nitrogens with zero attached hydrogens (tertiary/aromatic N) is 5. The van der Waals surface area contributed by atoms with Crippen molar-refractivity contribution in [3.63, 3.8) is 0 Å². The van der Waals surface area contributed by atoms with Crippen LogP contribution in [0.5, 0.6) is 0 Å². The van der Waals surface area contributed by atoms with E-state index in [1.54, 1.807) is 23.7 Å². The van der Waals surface area contributed by atoms with Crippen molar-refractivity contribution in [2.75, 3.05) is 5.32 Å². The fraction of sp³-hybridized carbons (Fsp3) is 0.333. The molecule has 2 atom stereocenters. The van der Waals surface area contributed by atoms with Crippen LogP contribution in [0, 0.1) is 11.3 Å². The number of aliphatic hydroxyl groups excluding tert-OH is 1. The van der Waals surface area contributed by atoms with Crippen LogP contribution in [-0.2, 0) is 6.54 Å². The molecule has 1 aromatic carbocycles. The number of thiazole rings is 1. The van der Waals surface area contributed by atoms with E-state index in [4.69, 9.17) is 5.26 Å². The topological polar surface area (TPSA) is 99.7 Å². The lowest BCUT2D eigenvalue weighted by Crippen LogP contribution is -2.36. The molecule has 3 heterocycles. The molecule has 0 radical (unpaired) electrons. The summed E-state index contributed by atoms with van der Waals surface area (Å²) >= 11 is 1.61. The molecule has 29 heavy (non-hydrogen) atoms. The number of aromatic nitrogens is 4. The Morgan fingerprint density at radius 1 is 1.17 bits per heavy atom. The van der Waals surface area contributed by atoms with Crippen LogP contribution in [0.1, 0.15) is 36.9 Å². The van der Waals surface area contributed by atoms with Crippen LogP contribution >= 0.6 is 11.3 Å². The molecule has 4 aromatic rings. The smallest absolute Gasteiger partial charge is 0.184 e. The van der Waals surface area contributed by atoms with Gasteiger partial charge in [-0.15, -0.1) is 0 Å². The minimum atomic E-state index is -0.299. The molecule has 0 saturated heterocycles. The van der Waals surface area contributed by atoms with Gasteiger partial charge in [-0.3, -0.25) is 0 Å². The van der Waals surface area contributed by atoms with E-state index in [9.17, 15) is 5.11 Å². The maximum absolute atomic E-state index is 10.2. The predicted octanol–water partition coefficient (Wildman–Crippen LogP) is 3.68. The van der Waals surface area contributed by atoms with Crippen molar-refractivity contribution in [1.29, 1.82) is 5.26 Å². The second-order valence-corrected chi connectivity index (χ2v) is 8.48. The number of benzene rings is 1. The van der Waals surface area contributed by atoms with Gasteiger partial charge < -0.3 is 15.0 Å². The van der Waals surface area contributed by atoms with Gasteiger partial charge >= 0.3 is 0 Å². The molecule has 7 nitrogen and oxygen atoms in total. The zero-order valence-corrected chi connectivity index (χ0v) is 16.6. The summed E-state index contributed by atoms with van der Waals surface area (Å²) in [6.45, 7) is 0.621. The van der Waals surface area contributed by atoms with E-state index in [2.05, 4.69) is 38.5 Å². The Bertz CT molecular complexity index is 1220. The van der Waals surface area contributed by atoms with Crippen molar-refractivity contribution in [3.05, 3.63) is 47.9 Å². The summed E-state index contributed by atoms with van der Waals surface area (Å²) in [5.41, 5.74) is 3.95. The highest BCUT2D eigenvalue weighted by atomic mass is 32.1. The summed E-state index contributed by atoms with van der Waals surface area (Å²) < 4.78 is 3.06. The van der Waals surface area contributed by atoms with Gasteiger partial charge in [0.05, 0.1) is 35.2 Å². The molecule has 0 amide bonds. The minimum Gasteiger partial charge on any atom is -0.391 e. The van der Waals surface area contributed by atoms with E-state index in [-0.39, 0.29) is 12.1 Å². The van der Waals surface area contributed by atoms with E-state index < -0.39 is 0 Å². The fourth-order valence-corrected chi connectivity index (χ4v) is 4.87. The molecule has 1 saturated carbocycles. The minimum absolute atomic E-state index is 0.0847. The molecule has 2 N–H and O–H groups in total. The van der Waals surface area contributed by atoms with Crippen LogP contribution in [0.3, 0.4) is 0 Å². The highest BCUT2D eigenvalue weighted by Crippen LogP contribution is 2.30. The highest BCUT2D eigenvalue weighted by Gasteiger charge is 2.23. The lowest BCUT2D eigenvalue weighted by molar-refractivity contribution is 0.116. The Labute approximate surface area is 171 Å². The number of pyridine rings is 1. The number of nitriles is 1. The van der Waals surface area contributed by atoms with E-state index in [1.807, 2.05) is 16.7 Å². The molecule has 146 valence electrons. The lowest BCUT2D eigenvalue weighted by atomic mass is 9.93. The first kappa shape index (κ1) is 18.0. The average molecular weight is 404 g/mol. The summed E-state index contributed by atoms with van der Waals surface area (Å²) in [6.07, 6.45) is 5.53. The normalized spacial score (nSPS) is 19.4. The number of aliphatic hydroxyl groups is 1. The monoisotopic (exact) mass is 404 g/mol. The third-order valence-electron chi connectivity index (χ3n) is 5.42. The van der Waals surface area contributed by atoms with Crippen LogP contribution < -0.4 is 5.32 Å². The SMILES string of the molecule is N#Cc1ccc2ncn(Cc3ccc4nc(NC5CCCCC5O)sc4c3)c2n1. The third kappa shape index (κ3) is 3.55. The molecule has 0 aliphatic heterocycles. The number of hydrogen-bond donors (Lipinski definition) is 2. The molecule has 0 spiro atoms. The van der Waals surface area contributed by atoms with Gasteiger partial charge in [-0.2, -0.15) is 5.26 Å². The molecular formula is C21H20N6OS. The van der Waals surface area contributed by atoms with Gasteiger partial charge in [-0.05, 0) is 42.7 Å². The van der Waals surface area contributed by atoms with Crippen LogP contribution in [0.2, 0.25) is 0 Å². The average Bonchev–Trinajstić information content (AvgIpc) is 3.32. The Balaban J connectivity index is 1.39. The number of imidazole rings is 1. The molecule has 3 aromatic heterocycles. The second kappa shape index (κ2) is 7.43. The van der Waals surface area contributed by atoms with Gasteiger partial charge in [0.1, 0.15) is 17.3 Å². The number of anilines is 1. The molecule has 1 aliphatic rings. The Morgan fingerprint density at radius 2 is 2.03 bits per heavy atom. The van der Waals surface area contributed by atoms with Crippen LogP contribution in [-0.4, -0.2) is 36.8 Å². The number of nitrogens with one attached hydrogen (secondary N) is 1. The Kier molecular flexibility index (Phi) is 4.62. The zero-order chi connectivity index (χ0) is 19.8. The summed E-state index contributed by atoms with van der Waals surface area (Å²) in [7, 11) is 0. The van der Waals surface area contributed by atoms with E-state index >= 15 is 0 Å². The number of fused-ring (bicyclic) bond motifs is 2. The van der Waals surface area contributed by atoms with Gasteiger partial charge in [-0.25, -0.2) is 15.0 Å². The van der Waals surface area contributed by atoms with Gasteiger partial charge in [0.15, 0.2) is 10.8 Å². The van der Waals surface area contributed by atoms with Gasteiger partial charge in [-0.1, -0.05) is 30.2 Å². The van der Waals surface area contributed by atoms with Crippen molar-refractivity contribution in [3.8, 4) is 6.07 Å². The molecule has 0 bridgehead atoms. The maximum Gasteiger partial charge on any atom is 0.184 e. The molecule has 1 fully saturated rings. The first-order chi connectivity index (χ1) is 14.2. The summed E-state index contributed by atoms with van der Waals surface area (Å²) in [5.74, 6) is 0. The largest absolute Gasteiger partial charge is 0.391 e. The molecule has 8 heteroatoms. The lowest BCUT2D eigenvalue weighted by Gasteiger charge is -2.27. The zero-order valence-electron chi connectivity index (χ0n) is 15.7. The molecule has 5 rings (SSSR count). The molecule has 2 unspecified atom stereocenters. The summed E-state index contributed by atoms with van der Waals surface area (Å²) in [5, 5.41) is 23.6. The quantitative estimate of drug-likeness (QED) is 0.538. The van der Waals surface area contributed by atoms with Crippen LogP contribution in [0.4, 0.5) is 5.13 Å². The van der Waals surface area contributed by atoms with E-state index in [0.29, 0.717) is 17.9 Å². The van der Waals surface area contributed by atoms with Gasteiger partial charge in [0.2, 0.25) is 0 Å². The van der Waals surface area contributed by atoms with Crippen molar-refractivity contribution < 1.29 is 5.11 Å². The number of rotatable bonds is 4. The second-order valence-electron chi connectivity index (χ2n) is 7.45. The van der Waals surface area contributed by atoms with Gasteiger partial charge in [0.25, 0.3) is 0 Å². The van der Waals surface area contributed by atoms with E-state index in [1.165, 1.54) is 0 Å². The summed E-state index contributed by atoms with van der Waals surface area (Å²) in [4.78, 5) is 13.4. The molecular weight excluding hydrogens is 384 g/mol. The van der Waals surface area contributed by atoms with E-state index in [0.717, 1.165) is 52.1 Å². The van der Waals surface area contributed by atoms with Crippen molar-refractivity contribution >= 4 is 37.8 Å². The van der Waals surface area contributed by atoms with Crippen molar-refractivity contribution in [1.82, 2.24) is 19.5 Å². The Morgan fingerprint density at radius 3 is 2.90 bits per heavy atom. The first-order valence-electron chi connectivity index (χ1n) is 9.76. The van der Waals surface area contributed by atoms with Crippen LogP contribution in [0.25, 0.3) is 21.4 Å². The van der Waals surface area contributed by atoms with Crippen molar-refractivity contribution in [2.24, 2.45) is 0 Å². The fourth-order valence-electron chi connectivity index (χ4n) is 3.88. The summed E-state index contributed by atoms with van der Waals surface area (Å²) in [6, 6.07) is 11.9. The van der Waals surface area contributed by atoms with Crippen molar-refractivity contribution in [2.45, 2.75) is 44.4 Å². The maximum atomic E-state index is 10.2. The Hall–Kier alpha value is -3.02. The van der Waals surface area contributed by atoms with Gasteiger partial charge in [0, 0.05) is 0 Å². The standard InChI is InChI=1S/C21H20N6OS/c22-10-14-6-8-17-20(24-14)27(12-23-17)11-13-5-7-16-19(9-13)29-21(26-16)25-15-3-1-2-4-18(15)28/h5-9,12,15,18,28H,1-4,11H2,(H,25,26). The number of hydrogen-bond acceptors (Lipinski definition) is 7. The first-order valence-corrected chi connectivity index (χ1v) is 10.6. The predicted molar refractivity (Wildman–Crippen MR) is 113 cm³/mol. The highest BCUT2D eigenvalue weighted by molar-refractivity contribution is 7.22. The van der Waals surface area contributed by atoms with Crippen LogP contribution in [0.15, 0.2) is 36.7 Å². The molecule has 1 aliphatic carbocycles.